The topological polar surface area (TPSA) is 105 Å². The Balaban J connectivity index is 4.25. The number of carbonyl (C=O) groups excluding carboxylic acids is 1. The third-order valence-corrected chi connectivity index (χ3v) is 13.7. The third-order valence-electron chi connectivity index (χ3n) is 12.7. The molecule has 0 aliphatic carbocycles. The summed E-state index contributed by atoms with van der Waals surface area (Å²) in [7, 11) is 1.59. The maximum atomic E-state index is 13.0. The zero-order valence-electron chi connectivity index (χ0n) is 45.8. The van der Waals surface area contributed by atoms with Crippen molar-refractivity contribution in [3.63, 3.8) is 0 Å². The molecule has 9 heteroatoms. The molecule has 0 radical (unpaired) electrons. The molecule has 8 nitrogen and oxygen atoms in total. The van der Waals surface area contributed by atoms with Gasteiger partial charge < -0.3 is 19.8 Å². The van der Waals surface area contributed by atoms with Crippen molar-refractivity contribution in [2.75, 3.05) is 40.9 Å². The Morgan fingerprint density at radius 2 is 0.870 bits per heavy atom. The molecule has 3 N–H and O–H groups in total. The summed E-state index contributed by atoms with van der Waals surface area (Å²) in [5, 5.41) is 14.1. The lowest BCUT2D eigenvalue weighted by Crippen LogP contribution is -2.46. The Hall–Kier alpha value is -2.06. The maximum absolute atomic E-state index is 13.0. The molecule has 402 valence electrons. The Kier molecular flexibility index (Phi) is 49.3. The van der Waals surface area contributed by atoms with E-state index in [-0.39, 0.29) is 19.1 Å². The van der Waals surface area contributed by atoms with Gasteiger partial charge in [-0.05, 0) is 64.2 Å². The van der Waals surface area contributed by atoms with Gasteiger partial charge in [0, 0.05) is 6.42 Å². The van der Waals surface area contributed by atoms with Crippen molar-refractivity contribution < 1.29 is 32.9 Å². The number of carbonyl (C=O) groups is 1. The second-order valence-corrected chi connectivity index (χ2v) is 22.1. The molecule has 0 aromatic heterocycles. The molecule has 3 unspecified atom stereocenters. The predicted octanol–water partition coefficient (Wildman–Crippen LogP) is 17.5. The van der Waals surface area contributed by atoms with Crippen molar-refractivity contribution >= 4 is 13.7 Å². The van der Waals surface area contributed by atoms with Crippen molar-refractivity contribution in [2.24, 2.45) is 0 Å². The van der Waals surface area contributed by atoms with Gasteiger partial charge in [-0.25, -0.2) is 4.57 Å². The minimum atomic E-state index is -4.34. The lowest BCUT2D eigenvalue weighted by Gasteiger charge is -2.26. The van der Waals surface area contributed by atoms with Crippen LogP contribution in [0.15, 0.2) is 72.9 Å². The molecule has 0 saturated carbocycles. The SMILES string of the molecule is CC/C=C\C/C=C\C/C=C\C/C=C\C/C=C\C/C=C\CCCCCCC(=O)NC(COP(=O)(O)OCC[N+](C)(C)C)C(O)CCCCCCCCCCCCCCCCCCCCCCCCCC. The largest absolute Gasteiger partial charge is 0.472 e. The summed E-state index contributed by atoms with van der Waals surface area (Å²) in [6, 6.07) is -0.780. The molecule has 0 rings (SSSR count). The molecular formula is C60H112N2O6P+. The highest BCUT2D eigenvalue weighted by Gasteiger charge is 2.28. The maximum Gasteiger partial charge on any atom is 0.472 e. The highest BCUT2D eigenvalue weighted by Crippen LogP contribution is 2.43. The highest BCUT2D eigenvalue weighted by molar-refractivity contribution is 7.47. The zero-order valence-corrected chi connectivity index (χ0v) is 46.7. The Bertz CT molecular complexity index is 1350. The Labute approximate surface area is 427 Å². The van der Waals surface area contributed by atoms with Gasteiger partial charge in [0.2, 0.25) is 5.91 Å². The van der Waals surface area contributed by atoms with Crippen molar-refractivity contribution in [3.8, 4) is 0 Å². The molecule has 0 aromatic rings. The van der Waals surface area contributed by atoms with Gasteiger partial charge in [0.25, 0.3) is 0 Å². The van der Waals surface area contributed by atoms with E-state index < -0.39 is 20.0 Å². The van der Waals surface area contributed by atoms with Crippen LogP contribution in [0, 0.1) is 0 Å². The molecule has 0 aliphatic rings. The third kappa shape index (κ3) is 53.6. The average molecular weight is 989 g/mol. The number of hydrogen-bond donors (Lipinski definition) is 3. The van der Waals surface area contributed by atoms with Crippen molar-refractivity contribution in [1.82, 2.24) is 5.32 Å². The minimum absolute atomic E-state index is 0.0660. The fraction of sp³-hybridized carbons (Fsp3) is 0.783. The smallest absolute Gasteiger partial charge is 0.391 e. The number of aliphatic hydroxyl groups excluding tert-OH is 1. The summed E-state index contributed by atoms with van der Waals surface area (Å²) >= 11 is 0. The number of likely N-dealkylation sites (N-methyl/N-ethyl adjacent to an activating group) is 1. The Morgan fingerprint density at radius 3 is 1.28 bits per heavy atom. The van der Waals surface area contributed by atoms with Gasteiger partial charge in [-0.3, -0.25) is 13.8 Å². The molecule has 3 atom stereocenters. The molecule has 0 aromatic carbocycles. The molecule has 0 aliphatic heterocycles. The van der Waals surface area contributed by atoms with Gasteiger partial charge >= 0.3 is 7.82 Å². The van der Waals surface area contributed by atoms with E-state index in [0.29, 0.717) is 23.9 Å². The van der Waals surface area contributed by atoms with Crippen molar-refractivity contribution in [3.05, 3.63) is 72.9 Å². The van der Waals surface area contributed by atoms with Gasteiger partial charge in [0.05, 0.1) is 39.9 Å². The van der Waals surface area contributed by atoms with Gasteiger partial charge in [-0.15, -0.1) is 0 Å². The molecule has 0 spiro atoms. The van der Waals surface area contributed by atoms with E-state index in [9.17, 15) is 19.4 Å². The number of quaternary nitrogens is 1. The van der Waals surface area contributed by atoms with Crippen molar-refractivity contribution in [2.45, 2.75) is 264 Å². The van der Waals surface area contributed by atoms with E-state index in [0.717, 1.165) is 89.9 Å². The molecule has 0 fully saturated rings. The van der Waals surface area contributed by atoms with E-state index in [4.69, 9.17) is 9.05 Å². The summed E-state index contributed by atoms with van der Waals surface area (Å²) in [5.74, 6) is -0.169. The lowest BCUT2D eigenvalue weighted by molar-refractivity contribution is -0.870. The predicted molar refractivity (Wildman–Crippen MR) is 300 cm³/mol. The second kappa shape index (κ2) is 50.9. The van der Waals surface area contributed by atoms with Gasteiger partial charge in [0.15, 0.2) is 0 Å². The number of nitrogens with zero attached hydrogens (tertiary/aromatic N) is 1. The van der Waals surface area contributed by atoms with Crippen LogP contribution < -0.4 is 5.32 Å². The number of aliphatic hydroxyl groups is 1. The summed E-state index contributed by atoms with van der Waals surface area (Å²) in [4.78, 5) is 23.3. The first-order valence-corrected chi connectivity index (χ1v) is 30.3. The molecule has 0 saturated heterocycles. The van der Waals surface area contributed by atoms with Crippen LogP contribution >= 0.6 is 7.82 Å². The number of nitrogens with one attached hydrogen (secondary N) is 1. The van der Waals surface area contributed by atoms with Crippen LogP contribution in [0.1, 0.15) is 251 Å². The van der Waals surface area contributed by atoms with Gasteiger partial charge in [0.1, 0.15) is 13.2 Å². The first-order valence-electron chi connectivity index (χ1n) is 28.8. The molecule has 0 bridgehead atoms. The normalized spacial score (nSPS) is 14.5. The monoisotopic (exact) mass is 988 g/mol. The zero-order chi connectivity index (χ0) is 50.6. The molecule has 1 amide bonds. The van der Waals surface area contributed by atoms with E-state index >= 15 is 0 Å². The first-order chi connectivity index (χ1) is 33.5. The van der Waals surface area contributed by atoms with E-state index in [1.165, 1.54) is 135 Å². The number of phosphoric ester groups is 1. The summed E-state index contributed by atoms with van der Waals surface area (Å²) < 4.78 is 23.8. The number of rotatable bonds is 52. The van der Waals surface area contributed by atoms with Crippen LogP contribution in [0.25, 0.3) is 0 Å². The number of allylic oxidation sites excluding steroid dienone is 12. The quantitative estimate of drug-likeness (QED) is 0.0243. The van der Waals surface area contributed by atoms with Crippen LogP contribution in [0.4, 0.5) is 0 Å². The van der Waals surface area contributed by atoms with Crippen LogP contribution in [0.3, 0.4) is 0 Å². The average Bonchev–Trinajstić information content (AvgIpc) is 3.31. The Morgan fingerprint density at radius 1 is 0.507 bits per heavy atom. The summed E-state index contributed by atoms with van der Waals surface area (Å²) in [6.45, 7) is 4.77. The van der Waals surface area contributed by atoms with Crippen LogP contribution in [-0.2, 0) is 18.4 Å². The minimum Gasteiger partial charge on any atom is -0.391 e. The van der Waals surface area contributed by atoms with E-state index in [1.807, 2.05) is 21.1 Å². The molecule has 69 heavy (non-hydrogen) atoms. The van der Waals surface area contributed by atoms with E-state index in [2.05, 4.69) is 92.1 Å². The number of hydrogen-bond acceptors (Lipinski definition) is 5. The lowest BCUT2D eigenvalue weighted by atomic mass is 10.0. The van der Waals surface area contributed by atoms with Crippen molar-refractivity contribution in [1.29, 1.82) is 0 Å². The molecule has 0 heterocycles. The summed E-state index contributed by atoms with van der Waals surface area (Å²) in [6.07, 6.45) is 69.6. The standard InChI is InChI=1S/C60H111N2O6P/c1-6-8-10-12-14-16-18-20-22-24-26-28-30-32-33-35-37-39-41-43-45-47-49-51-53-59(63)58(57-68-69(65,66)67-56-55-62(3,4)5)61-60(64)54-52-50-48-46-44-42-40-38-36-34-31-29-27-25-23-21-19-17-15-13-11-9-7-2/h9,11,15,17,21,23,27,29,34,36,40,42,58-59,63H,6-8,10,12-14,16,18-20,22,24-26,28,30-33,35,37-39,41,43-57H2,1-5H3,(H-,61,64,65,66)/p+1/b11-9-,17-15-,23-21-,29-27-,36-34-,42-40-. The summed E-state index contributed by atoms with van der Waals surface area (Å²) in [5.41, 5.74) is 0. The number of amides is 1. The van der Waals surface area contributed by atoms with Gasteiger partial charge in [-0.2, -0.15) is 0 Å². The van der Waals surface area contributed by atoms with Crippen LogP contribution in [0.2, 0.25) is 0 Å². The highest BCUT2D eigenvalue weighted by atomic mass is 31.2. The molecular weight excluding hydrogens is 876 g/mol. The number of phosphoric acid groups is 1. The van der Waals surface area contributed by atoms with Crippen LogP contribution in [0.5, 0.6) is 0 Å². The number of unbranched alkanes of at least 4 members (excludes halogenated alkanes) is 27. The fourth-order valence-electron chi connectivity index (χ4n) is 8.23. The van der Waals surface area contributed by atoms with Crippen LogP contribution in [-0.4, -0.2) is 73.4 Å². The van der Waals surface area contributed by atoms with Gasteiger partial charge in [-0.1, -0.05) is 254 Å². The van der Waals surface area contributed by atoms with E-state index in [1.54, 1.807) is 0 Å². The fourth-order valence-corrected chi connectivity index (χ4v) is 8.96. The first kappa shape index (κ1) is 66.9. The second-order valence-electron chi connectivity index (χ2n) is 20.6.